The van der Waals surface area contributed by atoms with E-state index in [9.17, 15) is 9.59 Å². The number of nitrogens with zero attached hydrogens (tertiary/aromatic N) is 2. The van der Waals surface area contributed by atoms with E-state index in [0.717, 1.165) is 22.1 Å². The van der Waals surface area contributed by atoms with Gasteiger partial charge in [0.1, 0.15) is 5.82 Å². The second-order valence-corrected chi connectivity index (χ2v) is 8.53. The monoisotopic (exact) mass is 497 g/mol. The predicted molar refractivity (Wildman–Crippen MR) is 125 cm³/mol. The Hall–Kier alpha value is -3.13. The summed E-state index contributed by atoms with van der Waals surface area (Å²) in [5.41, 5.74) is 2.70. The fourth-order valence-corrected chi connectivity index (χ4v) is 4.16. The highest BCUT2D eigenvalue weighted by molar-refractivity contribution is 9.10. The first-order chi connectivity index (χ1) is 15.4. The van der Waals surface area contributed by atoms with E-state index in [1.54, 1.807) is 30.0 Å². The average molecular weight is 498 g/mol. The van der Waals surface area contributed by atoms with Crippen LogP contribution in [0.5, 0.6) is 11.5 Å². The minimum atomic E-state index is -0.630. The normalized spacial score (nSPS) is 15.1. The zero-order valence-corrected chi connectivity index (χ0v) is 19.7. The molecule has 0 fully saturated rings. The molecular formula is C24H24BrN3O4. The summed E-state index contributed by atoms with van der Waals surface area (Å²) in [6.07, 6.45) is 0.931. The Morgan fingerprint density at radius 2 is 1.97 bits per heavy atom. The lowest BCUT2D eigenvalue weighted by molar-refractivity contribution is -0.116. The van der Waals surface area contributed by atoms with Crippen molar-refractivity contribution in [2.75, 3.05) is 19.0 Å². The van der Waals surface area contributed by atoms with E-state index in [1.165, 1.54) is 0 Å². The largest absolute Gasteiger partial charge is 0.493 e. The van der Waals surface area contributed by atoms with Gasteiger partial charge in [-0.3, -0.25) is 9.59 Å². The maximum Gasteiger partial charge on any atom is 0.226 e. The third-order valence-electron chi connectivity index (χ3n) is 5.40. The minimum Gasteiger partial charge on any atom is -0.493 e. The Kier molecular flexibility index (Phi) is 6.32. The second kappa shape index (κ2) is 9.16. The number of nitrogens with one attached hydrogen (secondary N) is 1. The Morgan fingerprint density at radius 3 is 2.66 bits per heavy atom. The molecule has 1 N–H and O–H groups in total. The van der Waals surface area contributed by atoms with Gasteiger partial charge in [-0.25, -0.2) is 4.68 Å². The molecule has 1 aliphatic rings. The standard InChI is InChI=1S/C24H24BrN3O4/c1-4-11-32-19-10-5-15(12-20(19)31-3)23(30)18-13-21(29)26-24-22(18)14(2)27-28(24)17-8-6-16(25)7-9-17/h5-10,12,18H,4,11,13H2,1-3H3,(H,26,29). The number of amides is 1. The average Bonchev–Trinajstić information content (AvgIpc) is 3.13. The van der Waals surface area contributed by atoms with Crippen molar-refractivity contribution < 1.29 is 19.1 Å². The van der Waals surface area contributed by atoms with Gasteiger partial charge in [0.15, 0.2) is 17.3 Å². The van der Waals surface area contributed by atoms with E-state index in [-0.39, 0.29) is 18.1 Å². The van der Waals surface area contributed by atoms with E-state index in [2.05, 4.69) is 26.3 Å². The van der Waals surface area contributed by atoms with Crippen molar-refractivity contribution in [3.8, 4) is 17.2 Å². The highest BCUT2D eigenvalue weighted by atomic mass is 79.9. The molecule has 0 saturated carbocycles. The lowest BCUT2D eigenvalue weighted by Gasteiger charge is -2.23. The molecule has 0 aliphatic carbocycles. The number of benzene rings is 2. The number of methoxy groups -OCH3 is 1. The number of carbonyl (C=O) groups is 2. The third-order valence-corrected chi connectivity index (χ3v) is 5.93. The molecule has 32 heavy (non-hydrogen) atoms. The van der Waals surface area contributed by atoms with Gasteiger partial charge >= 0.3 is 0 Å². The van der Waals surface area contributed by atoms with Crippen molar-refractivity contribution in [3.05, 3.63) is 63.8 Å². The first-order valence-corrected chi connectivity index (χ1v) is 11.2. The molecule has 1 aliphatic heterocycles. The third kappa shape index (κ3) is 4.14. The van der Waals surface area contributed by atoms with E-state index in [0.29, 0.717) is 35.2 Å². The topological polar surface area (TPSA) is 82.5 Å². The van der Waals surface area contributed by atoms with Crippen molar-refractivity contribution in [3.63, 3.8) is 0 Å². The molecular weight excluding hydrogens is 474 g/mol. The second-order valence-electron chi connectivity index (χ2n) is 7.62. The number of ketones is 1. The molecule has 4 rings (SSSR count). The summed E-state index contributed by atoms with van der Waals surface area (Å²) < 4.78 is 13.7. The Bertz CT molecular complexity index is 1170. The van der Waals surface area contributed by atoms with Crippen LogP contribution in [0, 0.1) is 6.92 Å². The van der Waals surface area contributed by atoms with Crippen LogP contribution >= 0.6 is 15.9 Å². The van der Waals surface area contributed by atoms with E-state index in [1.807, 2.05) is 38.1 Å². The van der Waals surface area contributed by atoms with Gasteiger partial charge in [-0.05, 0) is 55.8 Å². The number of hydrogen-bond donors (Lipinski definition) is 1. The zero-order chi connectivity index (χ0) is 22.8. The van der Waals surface area contributed by atoms with Crippen LogP contribution in [0.1, 0.15) is 47.3 Å². The van der Waals surface area contributed by atoms with Crippen LogP contribution < -0.4 is 14.8 Å². The van der Waals surface area contributed by atoms with Gasteiger partial charge in [0, 0.05) is 22.0 Å². The molecule has 7 nitrogen and oxygen atoms in total. The summed E-state index contributed by atoms with van der Waals surface area (Å²) in [5.74, 6) is 0.618. The highest BCUT2D eigenvalue weighted by Crippen LogP contribution is 2.39. The number of aromatic nitrogens is 2. The summed E-state index contributed by atoms with van der Waals surface area (Å²) in [6, 6.07) is 12.7. The van der Waals surface area contributed by atoms with E-state index in [4.69, 9.17) is 9.47 Å². The lowest BCUT2D eigenvalue weighted by atomic mass is 9.85. The number of carbonyl (C=O) groups excluding carboxylic acids is 2. The molecule has 166 valence electrons. The number of rotatable bonds is 7. The SMILES string of the molecule is CCCOc1ccc(C(=O)C2CC(=O)Nc3c2c(C)nn3-c2ccc(Br)cc2)cc1OC. The summed E-state index contributed by atoms with van der Waals surface area (Å²) in [7, 11) is 1.54. The number of Topliss-reactive ketones (excluding diaryl/α,β-unsaturated/α-hetero) is 1. The molecule has 2 heterocycles. The van der Waals surface area contributed by atoms with Crippen LogP contribution in [0.3, 0.4) is 0 Å². The fraction of sp³-hybridized carbons (Fsp3) is 0.292. The Labute approximate surface area is 194 Å². The smallest absolute Gasteiger partial charge is 0.226 e. The lowest BCUT2D eigenvalue weighted by Crippen LogP contribution is -2.28. The van der Waals surface area contributed by atoms with Crippen LogP contribution in [0.25, 0.3) is 5.69 Å². The van der Waals surface area contributed by atoms with Crippen molar-refractivity contribution >= 4 is 33.4 Å². The van der Waals surface area contributed by atoms with Crippen molar-refractivity contribution in [1.82, 2.24) is 9.78 Å². The summed E-state index contributed by atoms with van der Waals surface area (Å²) in [4.78, 5) is 26.1. The summed E-state index contributed by atoms with van der Waals surface area (Å²) >= 11 is 3.43. The molecule has 0 spiro atoms. The number of ether oxygens (including phenoxy) is 2. The number of fused-ring (bicyclic) bond motifs is 1. The number of hydrogen-bond acceptors (Lipinski definition) is 5. The molecule has 1 aromatic heterocycles. The predicted octanol–water partition coefficient (Wildman–Crippen LogP) is 5.05. The van der Waals surface area contributed by atoms with Gasteiger partial charge in [-0.2, -0.15) is 5.10 Å². The molecule has 3 aromatic rings. The molecule has 1 atom stereocenters. The van der Waals surface area contributed by atoms with Crippen LogP contribution in [0.15, 0.2) is 46.9 Å². The van der Waals surface area contributed by atoms with Gasteiger partial charge in [0.25, 0.3) is 0 Å². The number of anilines is 1. The summed E-state index contributed by atoms with van der Waals surface area (Å²) in [6.45, 7) is 4.44. The molecule has 8 heteroatoms. The molecule has 0 radical (unpaired) electrons. The molecule has 1 unspecified atom stereocenters. The highest BCUT2D eigenvalue weighted by Gasteiger charge is 2.36. The van der Waals surface area contributed by atoms with Crippen molar-refractivity contribution in [2.45, 2.75) is 32.6 Å². The van der Waals surface area contributed by atoms with E-state index < -0.39 is 5.92 Å². The van der Waals surface area contributed by atoms with Gasteiger partial charge < -0.3 is 14.8 Å². The van der Waals surface area contributed by atoms with Crippen LogP contribution in [0.2, 0.25) is 0 Å². The Balaban J connectivity index is 1.73. The van der Waals surface area contributed by atoms with Crippen molar-refractivity contribution in [1.29, 1.82) is 0 Å². The molecule has 2 aromatic carbocycles. The van der Waals surface area contributed by atoms with Gasteiger partial charge in [0.2, 0.25) is 5.91 Å². The maximum atomic E-state index is 13.5. The number of halogens is 1. The Morgan fingerprint density at radius 1 is 1.22 bits per heavy atom. The zero-order valence-electron chi connectivity index (χ0n) is 18.1. The quantitative estimate of drug-likeness (QED) is 0.461. The van der Waals surface area contributed by atoms with Crippen LogP contribution in [0.4, 0.5) is 5.82 Å². The molecule has 0 saturated heterocycles. The number of aryl methyl sites for hydroxylation is 1. The first-order valence-electron chi connectivity index (χ1n) is 10.4. The molecule has 0 bridgehead atoms. The van der Waals surface area contributed by atoms with Gasteiger partial charge in [-0.1, -0.05) is 22.9 Å². The van der Waals surface area contributed by atoms with Crippen molar-refractivity contribution in [2.24, 2.45) is 0 Å². The van der Waals surface area contributed by atoms with Gasteiger partial charge in [0.05, 0.1) is 31.0 Å². The van der Waals surface area contributed by atoms with Crippen LogP contribution in [-0.4, -0.2) is 35.2 Å². The van der Waals surface area contributed by atoms with Crippen LogP contribution in [-0.2, 0) is 4.79 Å². The van der Waals surface area contributed by atoms with Gasteiger partial charge in [-0.15, -0.1) is 0 Å². The maximum absolute atomic E-state index is 13.5. The minimum absolute atomic E-state index is 0.0646. The van der Waals surface area contributed by atoms with E-state index >= 15 is 0 Å². The fourth-order valence-electron chi connectivity index (χ4n) is 3.89. The summed E-state index contributed by atoms with van der Waals surface area (Å²) in [5, 5.41) is 7.53. The molecule has 1 amide bonds. The first kappa shape index (κ1) is 22.1.